The van der Waals surface area contributed by atoms with Crippen LogP contribution in [0.2, 0.25) is 0 Å². The van der Waals surface area contributed by atoms with Gasteiger partial charge in [0.1, 0.15) is 11.8 Å². The number of carbonyl (C=O) groups excluding carboxylic acids is 2. The molecule has 3 aromatic carbocycles. The molecule has 2 N–H and O–H groups in total. The molecule has 0 radical (unpaired) electrons. The molecule has 3 rings (SSSR count). The van der Waals surface area contributed by atoms with Gasteiger partial charge in [-0.3, -0.25) is 9.59 Å². The van der Waals surface area contributed by atoms with Crippen molar-refractivity contribution in [2.45, 2.75) is 50.5 Å². The number of hydrogen-bond acceptors (Lipinski definition) is 4. The topological polar surface area (TPSA) is 67.4 Å². The molecule has 0 unspecified atom stereocenters. The summed E-state index contributed by atoms with van der Waals surface area (Å²) in [6, 6.07) is 20.4. The Morgan fingerprint density at radius 2 is 1.62 bits per heavy atom. The molecule has 0 fully saturated rings. The highest BCUT2D eigenvalue weighted by atomic mass is 32.2. The third-order valence-corrected chi connectivity index (χ3v) is 6.52. The van der Waals surface area contributed by atoms with Gasteiger partial charge in [-0.25, -0.2) is 0 Å². The highest BCUT2D eigenvalue weighted by Crippen LogP contribution is 2.31. The molecule has 0 saturated carbocycles. The van der Waals surface area contributed by atoms with Crippen LogP contribution in [0.1, 0.15) is 42.3 Å². The molecule has 0 spiro atoms. The van der Waals surface area contributed by atoms with Crippen molar-refractivity contribution in [1.82, 2.24) is 5.32 Å². The average Bonchev–Trinajstić information content (AvgIpc) is 2.81. The van der Waals surface area contributed by atoms with Crippen molar-refractivity contribution in [2.75, 3.05) is 11.9 Å². The molecule has 3 aromatic rings. The fraction of sp³-hybridized carbons (Fsp3) is 0.286. The summed E-state index contributed by atoms with van der Waals surface area (Å²) in [7, 11) is 0. The number of rotatable bonds is 9. The Hall–Kier alpha value is -3.25. The van der Waals surface area contributed by atoms with Crippen molar-refractivity contribution in [3.63, 3.8) is 0 Å². The van der Waals surface area contributed by atoms with Gasteiger partial charge in [-0.1, -0.05) is 37.7 Å². The lowest BCUT2D eigenvalue weighted by Crippen LogP contribution is -2.47. The number of benzene rings is 3. The van der Waals surface area contributed by atoms with E-state index in [2.05, 4.69) is 42.7 Å². The second-order valence-corrected chi connectivity index (χ2v) is 9.65. The molecular formula is C28H32N2O3S. The van der Waals surface area contributed by atoms with Crippen LogP contribution in [0.25, 0.3) is 0 Å². The van der Waals surface area contributed by atoms with Crippen LogP contribution in [0.4, 0.5) is 5.69 Å². The van der Waals surface area contributed by atoms with E-state index in [1.807, 2.05) is 45.0 Å². The number of hydrogen-bond donors (Lipinski definition) is 2. The Labute approximate surface area is 206 Å². The maximum Gasteiger partial charge on any atom is 0.251 e. The van der Waals surface area contributed by atoms with Crippen molar-refractivity contribution >= 4 is 29.3 Å². The summed E-state index contributed by atoms with van der Waals surface area (Å²) in [6.45, 7) is 10.5. The second-order valence-electron chi connectivity index (χ2n) is 8.54. The van der Waals surface area contributed by atoms with E-state index in [0.29, 0.717) is 23.6 Å². The fourth-order valence-corrected chi connectivity index (χ4v) is 4.40. The van der Waals surface area contributed by atoms with Gasteiger partial charge in [0.25, 0.3) is 5.91 Å². The smallest absolute Gasteiger partial charge is 0.251 e. The third kappa shape index (κ3) is 6.87. The van der Waals surface area contributed by atoms with Crippen LogP contribution in [0.5, 0.6) is 5.75 Å². The van der Waals surface area contributed by atoms with Crippen molar-refractivity contribution in [3.05, 3.63) is 83.4 Å². The van der Waals surface area contributed by atoms with Crippen molar-refractivity contribution in [2.24, 2.45) is 5.92 Å². The van der Waals surface area contributed by atoms with Crippen LogP contribution in [0.15, 0.2) is 76.5 Å². The van der Waals surface area contributed by atoms with Gasteiger partial charge >= 0.3 is 0 Å². The van der Waals surface area contributed by atoms with Crippen LogP contribution in [-0.2, 0) is 4.79 Å². The molecule has 0 aromatic heterocycles. The zero-order chi connectivity index (χ0) is 24.7. The zero-order valence-electron chi connectivity index (χ0n) is 20.3. The van der Waals surface area contributed by atoms with Crippen molar-refractivity contribution < 1.29 is 14.3 Å². The number of anilines is 1. The van der Waals surface area contributed by atoms with E-state index in [1.54, 1.807) is 36.0 Å². The van der Waals surface area contributed by atoms with Gasteiger partial charge in [0.2, 0.25) is 5.91 Å². The van der Waals surface area contributed by atoms with Crippen molar-refractivity contribution in [3.8, 4) is 5.75 Å². The molecular weight excluding hydrogens is 444 g/mol. The Morgan fingerprint density at radius 1 is 0.941 bits per heavy atom. The minimum atomic E-state index is -0.664. The molecule has 0 aliphatic heterocycles. The van der Waals surface area contributed by atoms with Gasteiger partial charge in [0.15, 0.2) is 0 Å². The summed E-state index contributed by atoms with van der Waals surface area (Å²) in [5.74, 6) is 0.0866. The average molecular weight is 477 g/mol. The standard InChI is InChI=1S/C28H32N2O3S/c1-6-33-23-13-9-21(10-14-23)27(31)30-26(18(2)3)28(32)29-22-11-15-24(16-12-22)34-25-17-19(4)7-8-20(25)5/h7-18,26H,6H2,1-5H3,(H,29,32)(H,30,31)/t26-/m0/s1. The van der Waals surface area contributed by atoms with E-state index in [4.69, 9.17) is 4.74 Å². The predicted octanol–water partition coefficient (Wildman–Crippen LogP) is 6.25. The van der Waals surface area contributed by atoms with E-state index in [-0.39, 0.29) is 17.7 Å². The molecule has 0 aliphatic carbocycles. The molecule has 0 saturated heterocycles. The van der Waals surface area contributed by atoms with Crippen LogP contribution < -0.4 is 15.4 Å². The molecule has 178 valence electrons. The first kappa shape index (κ1) is 25.4. The minimum Gasteiger partial charge on any atom is -0.494 e. The largest absolute Gasteiger partial charge is 0.494 e. The van der Waals surface area contributed by atoms with Crippen molar-refractivity contribution in [1.29, 1.82) is 0 Å². The van der Waals surface area contributed by atoms with Crippen LogP contribution in [0.3, 0.4) is 0 Å². The SMILES string of the molecule is CCOc1ccc(C(=O)N[C@H](C(=O)Nc2ccc(Sc3cc(C)ccc3C)cc2)C(C)C)cc1. The van der Waals surface area contributed by atoms with Gasteiger partial charge in [-0.2, -0.15) is 0 Å². The quantitative estimate of drug-likeness (QED) is 0.383. The summed E-state index contributed by atoms with van der Waals surface area (Å²) in [5, 5.41) is 5.80. The molecule has 0 heterocycles. The van der Waals surface area contributed by atoms with Crippen LogP contribution >= 0.6 is 11.8 Å². The van der Waals surface area contributed by atoms with Crippen LogP contribution in [-0.4, -0.2) is 24.5 Å². The van der Waals surface area contributed by atoms with Gasteiger partial charge in [-0.15, -0.1) is 0 Å². The first-order valence-corrected chi connectivity index (χ1v) is 12.3. The Kier molecular flexibility index (Phi) is 8.77. The first-order valence-electron chi connectivity index (χ1n) is 11.5. The number of ether oxygens (including phenoxy) is 1. The number of carbonyl (C=O) groups is 2. The number of aryl methyl sites for hydroxylation is 2. The predicted molar refractivity (Wildman–Crippen MR) is 139 cm³/mol. The normalized spacial score (nSPS) is 11.7. The van der Waals surface area contributed by atoms with E-state index >= 15 is 0 Å². The monoisotopic (exact) mass is 476 g/mol. The molecule has 2 amide bonds. The van der Waals surface area contributed by atoms with Gasteiger partial charge in [0.05, 0.1) is 6.61 Å². The van der Waals surface area contributed by atoms with Gasteiger partial charge in [0, 0.05) is 21.0 Å². The van der Waals surface area contributed by atoms with Gasteiger partial charge < -0.3 is 15.4 Å². The Bertz CT molecular complexity index is 1130. The summed E-state index contributed by atoms with van der Waals surface area (Å²) in [4.78, 5) is 28.0. The van der Waals surface area contributed by atoms with E-state index < -0.39 is 6.04 Å². The lowest BCUT2D eigenvalue weighted by Gasteiger charge is -2.22. The number of amides is 2. The molecule has 6 heteroatoms. The van der Waals surface area contributed by atoms with E-state index in [0.717, 1.165) is 4.90 Å². The van der Waals surface area contributed by atoms with Gasteiger partial charge in [-0.05, 0) is 92.4 Å². The fourth-order valence-electron chi connectivity index (χ4n) is 3.40. The highest BCUT2D eigenvalue weighted by Gasteiger charge is 2.25. The number of nitrogens with one attached hydrogen (secondary N) is 2. The lowest BCUT2D eigenvalue weighted by atomic mass is 10.0. The zero-order valence-corrected chi connectivity index (χ0v) is 21.2. The summed E-state index contributed by atoms with van der Waals surface area (Å²) in [5.41, 5.74) is 3.63. The van der Waals surface area contributed by atoms with Crippen LogP contribution in [0, 0.1) is 19.8 Å². The molecule has 5 nitrogen and oxygen atoms in total. The summed E-state index contributed by atoms with van der Waals surface area (Å²) in [6.07, 6.45) is 0. The first-order chi connectivity index (χ1) is 16.3. The molecule has 0 bridgehead atoms. The third-order valence-electron chi connectivity index (χ3n) is 5.36. The Morgan fingerprint density at radius 3 is 2.24 bits per heavy atom. The molecule has 34 heavy (non-hydrogen) atoms. The summed E-state index contributed by atoms with van der Waals surface area (Å²) >= 11 is 1.70. The summed E-state index contributed by atoms with van der Waals surface area (Å²) < 4.78 is 5.42. The minimum absolute atomic E-state index is 0.0780. The van der Waals surface area contributed by atoms with E-state index in [1.165, 1.54) is 16.0 Å². The van der Waals surface area contributed by atoms with E-state index in [9.17, 15) is 9.59 Å². The maximum absolute atomic E-state index is 13.0. The lowest BCUT2D eigenvalue weighted by molar-refractivity contribution is -0.118. The molecule has 0 aliphatic rings. The molecule has 1 atom stereocenters. The highest BCUT2D eigenvalue weighted by molar-refractivity contribution is 7.99. The second kappa shape index (κ2) is 11.7. The maximum atomic E-state index is 13.0. The Balaban J connectivity index is 1.63.